The van der Waals surface area contributed by atoms with Gasteiger partial charge in [0.1, 0.15) is 0 Å². The molecule has 2 heterocycles. The lowest BCUT2D eigenvalue weighted by molar-refractivity contribution is 0.0950. The minimum atomic E-state index is -0.00267. The van der Waals surface area contributed by atoms with Crippen molar-refractivity contribution >= 4 is 18.3 Å². The van der Waals surface area contributed by atoms with Crippen LogP contribution in [0.3, 0.4) is 0 Å². The van der Waals surface area contributed by atoms with E-state index in [1.165, 1.54) is 12.0 Å². The summed E-state index contributed by atoms with van der Waals surface area (Å²) in [6.07, 6.45) is 4.75. The van der Waals surface area contributed by atoms with Gasteiger partial charge in [-0.3, -0.25) is 9.48 Å². The second-order valence-corrected chi connectivity index (χ2v) is 6.41. The Morgan fingerprint density at radius 1 is 1.36 bits per heavy atom. The topological polar surface area (TPSA) is 59.0 Å². The number of rotatable bonds is 7. The first kappa shape index (κ1) is 19.5. The second kappa shape index (κ2) is 9.59. The summed E-state index contributed by atoms with van der Waals surface area (Å²) in [6.45, 7) is 5.68. The Balaban J connectivity index is 0.00000225. The molecule has 1 aliphatic heterocycles. The molecule has 1 aromatic heterocycles. The SMILES string of the molecule is CCc1c(C(=O)NCCC2CCNC2)cnn1Cc1ccccc1.Cl. The van der Waals surface area contributed by atoms with Gasteiger partial charge in [0, 0.05) is 6.54 Å². The first-order valence-corrected chi connectivity index (χ1v) is 8.85. The molecule has 6 heteroatoms. The van der Waals surface area contributed by atoms with E-state index < -0.39 is 0 Å². The van der Waals surface area contributed by atoms with Crippen LogP contribution in [-0.2, 0) is 13.0 Å². The predicted octanol–water partition coefficient (Wildman–Crippen LogP) is 2.65. The number of halogens is 1. The molecule has 5 nitrogen and oxygen atoms in total. The molecule has 0 spiro atoms. The molecular formula is C19H27ClN4O. The monoisotopic (exact) mass is 362 g/mol. The highest BCUT2D eigenvalue weighted by atomic mass is 35.5. The lowest BCUT2D eigenvalue weighted by Gasteiger charge is -2.10. The summed E-state index contributed by atoms with van der Waals surface area (Å²) in [5, 5.41) is 10.9. The van der Waals surface area contributed by atoms with E-state index in [1.54, 1.807) is 6.20 Å². The molecule has 3 rings (SSSR count). The number of nitrogens with zero attached hydrogens (tertiary/aromatic N) is 2. The van der Waals surface area contributed by atoms with Crippen LogP contribution in [-0.4, -0.2) is 35.3 Å². The fourth-order valence-corrected chi connectivity index (χ4v) is 3.31. The molecule has 1 aromatic carbocycles. The van der Waals surface area contributed by atoms with Crippen LogP contribution >= 0.6 is 12.4 Å². The van der Waals surface area contributed by atoms with E-state index in [9.17, 15) is 4.79 Å². The van der Waals surface area contributed by atoms with Crippen molar-refractivity contribution in [1.29, 1.82) is 0 Å². The fraction of sp³-hybridized carbons (Fsp3) is 0.474. The van der Waals surface area contributed by atoms with Gasteiger partial charge < -0.3 is 10.6 Å². The van der Waals surface area contributed by atoms with Crippen molar-refractivity contribution in [3.8, 4) is 0 Å². The number of amides is 1. The Kier molecular flexibility index (Phi) is 7.47. The summed E-state index contributed by atoms with van der Waals surface area (Å²) in [5.41, 5.74) is 2.90. The van der Waals surface area contributed by atoms with Crippen molar-refractivity contribution in [3.63, 3.8) is 0 Å². The Hall–Kier alpha value is -1.85. The van der Waals surface area contributed by atoms with Crippen LogP contribution in [0.15, 0.2) is 36.5 Å². The summed E-state index contributed by atoms with van der Waals surface area (Å²) in [5.74, 6) is 0.689. The number of hydrogen-bond acceptors (Lipinski definition) is 3. The third-order valence-electron chi connectivity index (χ3n) is 4.70. The molecule has 25 heavy (non-hydrogen) atoms. The summed E-state index contributed by atoms with van der Waals surface area (Å²) in [4.78, 5) is 12.5. The van der Waals surface area contributed by atoms with Crippen molar-refractivity contribution in [2.45, 2.75) is 32.7 Å². The van der Waals surface area contributed by atoms with Gasteiger partial charge in [-0.25, -0.2) is 0 Å². The molecule has 1 fully saturated rings. The van der Waals surface area contributed by atoms with Gasteiger partial charge in [0.15, 0.2) is 0 Å². The molecule has 1 amide bonds. The molecule has 1 aliphatic rings. The highest BCUT2D eigenvalue weighted by Crippen LogP contribution is 2.14. The van der Waals surface area contributed by atoms with Gasteiger partial charge >= 0.3 is 0 Å². The Morgan fingerprint density at radius 2 is 2.16 bits per heavy atom. The average Bonchev–Trinajstić information content (AvgIpc) is 3.25. The normalized spacial score (nSPS) is 16.4. The number of carbonyl (C=O) groups is 1. The van der Waals surface area contributed by atoms with Gasteiger partial charge in [-0.2, -0.15) is 5.10 Å². The maximum Gasteiger partial charge on any atom is 0.254 e. The van der Waals surface area contributed by atoms with E-state index in [4.69, 9.17) is 0 Å². The van der Waals surface area contributed by atoms with Crippen molar-refractivity contribution in [2.24, 2.45) is 5.92 Å². The summed E-state index contributed by atoms with van der Waals surface area (Å²) in [7, 11) is 0. The Morgan fingerprint density at radius 3 is 2.84 bits per heavy atom. The minimum Gasteiger partial charge on any atom is -0.352 e. The molecule has 1 saturated heterocycles. The van der Waals surface area contributed by atoms with Crippen LogP contribution < -0.4 is 10.6 Å². The van der Waals surface area contributed by atoms with Crippen molar-refractivity contribution in [3.05, 3.63) is 53.3 Å². The summed E-state index contributed by atoms with van der Waals surface area (Å²) >= 11 is 0. The molecule has 136 valence electrons. The van der Waals surface area contributed by atoms with Crippen LogP contribution in [0.2, 0.25) is 0 Å². The minimum absolute atomic E-state index is 0. The lowest BCUT2D eigenvalue weighted by Crippen LogP contribution is -2.27. The van der Waals surface area contributed by atoms with E-state index in [0.29, 0.717) is 18.0 Å². The van der Waals surface area contributed by atoms with Crippen LogP contribution in [0, 0.1) is 5.92 Å². The van der Waals surface area contributed by atoms with E-state index in [-0.39, 0.29) is 18.3 Å². The van der Waals surface area contributed by atoms with Gasteiger partial charge in [-0.15, -0.1) is 12.4 Å². The standard InChI is InChI=1S/C19H26N4O.ClH/c1-2-18-17(19(24)21-11-9-15-8-10-20-12-15)13-22-23(18)14-16-6-4-3-5-7-16;/h3-7,13,15,20H,2,8-12,14H2,1H3,(H,21,24);1H. The molecule has 0 bridgehead atoms. The predicted molar refractivity (Wildman–Crippen MR) is 102 cm³/mol. The number of carbonyl (C=O) groups excluding carboxylic acids is 1. The average molecular weight is 363 g/mol. The molecule has 0 radical (unpaired) electrons. The third-order valence-corrected chi connectivity index (χ3v) is 4.70. The third kappa shape index (κ3) is 5.06. The van der Waals surface area contributed by atoms with Gasteiger partial charge in [0.05, 0.1) is 24.0 Å². The van der Waals surface area contributed by atoms with Crippen LogP contribution in [0.4, 0.5) is 0 Å². The maximum atomic E-state index is 12.5. The molecular weight excluding hydrogens is 336 g/mol. The van der Waals surface area contributed by atoms with E-state index in [2.05, 4.69) is 34.8 Å². The van der Waals surface area contributed by atoms with Crippen LogP contribution in [0.1, 0.15) is 41.4 Å². The Bertz CT molecular complexity index is 665. The van der Waals surface area contributed by atoms with Crippen LogP contribution in [0.25, 0.3) is 0 Å². The fourth-order valence-electron chi connectivity index (χ4n) is 3.31. The second-order valence-electron chi connectivity index (χ2n) is 6.41. The smallest absolute Gasteiger partial charge is 0.254 e. The van der Waals surface area contributed by atoms with Gasteiger partial charge in [0.25, 0.3) is 5.91 Å². The molecule has 0 saturated carbocycles. The Labute approximate surface area is 155 Å². The zero-order chi connectivity index (χ0) is 16.8. The first-order valence-electron chi connectivity index (χ1n) is 8.85. The summed E-state index contributed by atoms with van der Waals surface area (Å²) in [6, 6.07) is 10.2. The highest BCUT2D eigenvalue weighted by molar-refractivity contribution is 5.95. The maximum absolute atomic E-state index is 12.5. The van der Waals surface area contributed by atoms with Crippen molar-refractivity contribution in [1.82, 2.24) is 20.4 Å². The first-order chi connectivity index (χ1) is 11.8. The number of nitrogens with one attached hydrogen (secondary N) is 2. The molecule has 2 N–H and O–H groups in total. The zero-order valence-corrected chi connectivity index (χ0v) is 15.5. The van der Waals surface area contributed by atoms with Crippen molar-refractivity contribution < 1.29 is 4.79 Å². The quantitative estimate of drug-likeness (QED) is 0.796. The number of benzene rings is 1. The molecule has 1 atom stereocenters. The molecule has 2 aromatic rings. The lowest BCUT2D eigenvalue weighted by atomic mass is 10.1. The van der Waals surface area contributed by atoms with Gasteiger partial charge in [-0.1, -0.05) is 37.3 Å². The summed E-state index contributed by atoms with van der Waals surface area (Å²) < 4.78 is 1.94. The number of hydrogen-bond donors (Lipinski definition) is 2. The van der Waals surface area contributed by atoms with E-state index in [0.717, 1.165) is 38.2 Å². The van der Waals surface area contributed by atoms with E-state index in [1.807, 2.05) is 22.9 Å². The molecule has 0 aliphatic carbocycles. The zero-order valence-electron chi connectivity index (χ0n) is 14.7. The van der Waals surface area contributed by atoms with Crippen molar-refractivity contribution in [2.75, 3.05) is 19.6 Å². The molecule has 1 unspecified atom stereocenters. The number of aromatic nitrogens is 2. The largest absolute Gasteiger partial charge is 0.352 e. The van der Waals surface area contributed by atoms with Gasteiger partial charge in [0.2, 0.25) is 0 Å². The van der Waals surface area contributed by atoms with Crippen LogP contribution in [0.5, 0.6) is 0 Å². The van der Waals surface area contributed by atoms with E-state index >= 15 is 0 Å². The highest BCUT2D eigenvalue weighted by Gasteiger charge is 2.18. The van der Waals surface area contributed by atoms with Gasteiger partial charge in [-0.05, 0) is 43.8 Å².